The monoisotopic (exact) mass is 541 g/mol. The van der Waals surface area contributed by atoms with E-state index < -0.39 is 0 Å². The van der Waals surface area contributed by atoms with Crippen LogP contribution in [0.25, 0.3) is 22.2 Å². The first-order chi connectivity index (χ1) is 19.3. The van der Waals surface area contributed by atoms with Crippen LogP contribution < -0.4 is 4.90 Å². The minimum absolute atomic E-state index is 0.000130. The lowest BCUT2D eigenvalue weighted by Crippen LogP contribution is -2.31. The molecule has 0 unspecified atom stereocenters. The van der Waals surface area contributed by atoms with E-state index in [2.05, 4.69) is 127 Å². The quantitative estimate of drug-likeness (QED) is 0.242. The summed E-state index contributed by atoms with van der Waals surface area (Å²) in [5.41, 5.74) is 9.36. The number of hydrogen-bond donors (Lipinski definition) is 1. The van der Waals surface area contributed by atoms with E-state index in [1.807, 2.05) is 12.3 Å². The van der Waals surface area contributed by atoms with Gasteiger partial charge >= 0.3 is 0 Å². The largest absolute Gasteiger partial charge is 0.506 e. The van der Waals surface area contributed by atoms with Gasteiger partial charge in [0.05, 0.1) is 17.1 Å². The number of anilines is 3. The summed E-state index contributed by atoms with van der Waals surface area (Å²) in [6.45, 7) is 17.8. The van der Waals surface area contributed by atoms with Crippen molar-refractivity contribution in [1.29, 1.82) is 0 Å². The van der Waals surface area contributed by atoms with Crippen LogP contribution in [-0.2, 0) is 16.2 Å². The van der Waals surface area contributed by atoms with E-state index in [9.17, 15) is 5.11 Å². The number of hydrogen-bond acceptors (Lipinski definition) is 4. The van der Waals surface area contributed by atoms with E-state index in [-0.39, 0.29) is 22.0 Å². The summed E-state index contributed by atoms with van der Waals surface area (Å²) >= 11 is 0. The molecule has 0 aliphatic carbocycles. The summed E-state index contributed by atoms with van der Waals surface area (Å²) in [6.07, 6.45) is 1.92. The Hall–Kier alpha value is -4.18. The second-order valence-electron chi connectivity index (χ2n) is 13.8. The third-order valence-electron chi connectivity index (χ3n) is 8.51. The summed E-state index contributed by atoms with van der Waals surface area (Å²) in [5, 5.41) is 11.8. The Balaban J connectivity index is 1.57. The molecule has 0 radical (unpaired) electrons. The highest BCUT2D eigenvalue weighted by Gasteiger charge is 2.37. The van der Waals surface area contributed by atoms with Crippen LogP contribution in [-0.4, -0.2) is 15.1 Å². The molecule has 6 rings (SSSR count). The van der Waals surface area contributed by atoms with Gasteiger partial charge in [0.1, 0.15) is 17.1 Å². The fraction of sp³-hybridized carbons (Fsp3) is 0.297. The minimum atomic E-state index is -0.195. The van der Waals surface area contributed by atoms with E-state index in [0.29, 0.717) is 5.52 Å². The van der Waals surface area contributed by atoms with Gasteiger partial charge in [-0.1, -0.05) is 97.9 Å². The van der Waals surface area contributed by atoms with Crippen molar-refractivity contribution in [3.63, 3.8) is 0 Å². The number of aromatic nitrogens is 2. The highest BCUT2D eigenvalue weighted by molar-refractivity contribution is 5.91. The van der Waals surface area contributed by atoms with Gasteiger partial charge in [-0.15, -0.1) is 0 Å². The van der Waals surface area contributed by atoms with Crippen LogP contribution in [0.4, 0.5) is 17.2 Å². The predicted molar refractivity (Wildman–Crippen MR) is 171 cm³/mol. The van der Waals surface area contributed by atoms with Gasteiger partial charge in [-0.2, -0.15) is 0 Å². The molecule has 1 N–H and O–H groups in total. The van der Waals surface area contributed by atoms with Crippen LogP contribution >= 0.6 is 0 Å². The molecule has 4 nitrogen and oxygen atoms in total. The van der Waals surface area contributed by atoms with Crippen LogP contribution in [0.1, 0.15) is 77.6 Å². The second-order valence-corrected chi connectivity index (χ2v) is 13.8. The molecule has 1 aliphatic rings. The number of nitrogens with zero attached hydrogens (tertiary/aromatic N) is 3. The SMILES string of the molecule is CC(C)(C)c1ccnc(N2c3ccccc3C(C)(C)c3ccc(-c4ccc5c(C(C)(C)C)ccc(O)c5n4)cc32)c1. The van der Waals surface area contributed by atoms with E-state index in [1.165, 1.54) is 22.3 Å². The van der Waals surface area contributed by atoms with E-state index >= 15 is 0 Å². The highest BCUT2D eigenvalue weighted by atomic mass is 16.3. The Morgan fingerprint density at radius 1 is 0.732 bits per heavy atom. The van der Waals surface area contributed by atoms with Crippen molar-refractivity contribution in [3.05, 3.63) is 107 Å². The average Bonchev–Trinajstić information content (AvgIpc) is 2.92. The molecule has 3 aromatic carbocycles. The van der Waals surface area contributed by atoms with E-state index in [0.717, 1.165) is 33.8 Å². The molecular formula is C37H39N3O. The van der Waals surface area contributed by atoms with E-state index in [4.69, 9.17) is 9.97 Å². The number of rotatable bonds is 2. The zero-order chi connectivity index (χ0) is 29.3. The van der Waals surface area contributed by atoms with Crippen LogP contribution in [0, 0.1) is 0 Å². The van der Waals surface area contributed by atoms with Gasteiger partial charge in [0.25, 0.3) is 0 Å². The van der Waals surface area contributed by atoms with Crippen molar-refractivity contribution < 1.29 is 5.11 Å². The number of fused-ring (bicyclic) bond motifs is 3. The lowest BCUT2D eigenvalue weighted by atomic mass is 9.73. The predicted octanol–water partition coefficient (Wildman–Crippen LogP) is 9.71. The smallest absolute Gasteiger partial charge is 0.141 e. The maximum atomic E-state index is 10.8. The van der Waals surface area contributed by atoms with Gasteiger partial charge in [0.2, 0.25) is 0 Å². The van der Waals surface area contributed by atoms with Crippen molar-refractivity contribution in [2.24, 2.45) is 0 Å². The molecule has 0 amide bonds. The molecule has 0 fully saturated rings. The maximum Gasteiger partial charge on any atom is 0.141 e. The molecule has 0 saturated carbocycles. The summed E-state index contributed by atoms with van der Waals surface area (Å²) in [5.74, 6) is 1.10. The number of para-hydroxylation sites is 1. The third kappa shape index (κ3) is 4.46. The minimum Gasteiger partial charge on any atom is -0.506 e. The Morgan fingerprint density at radius 2 is 1.46 bits per heavy atom. The Labute approximate surface area is 243 Å². The molecule has 2 aromatic heterocycles. The molecule has 0 saturated heterocycles. The lowest BCUT2D eigenvalue weighted by Gasteiger charge is -2.42. The summed E-state index contributed by atoms with van der Waals surface area (Å²) in [6, 6.07) is 27.5. The van der Waals surface area contributed by atoms with Crippen molar-refractivity contribution in [3.8, 4) is 17.0 Å². The number of phenols is 1. The second kappa shape index (κ2) is 9.17. The lowest BCUT2D eigenvalue weighted by molar-refractivity contribution is 0.479. The molecule has 41 heavy (non-hydrogen) atoms. The Kier molecular flexibility index (Phi) is 6.04. The average molecular weight is 542 g/mol. The molecule has 3 heterocycles. The first-order valence-electron chi connectivity index (χ1n) is 14.4. The Morgan fingerprint density at radius 3 is 2.20 bits per heavy atom. The van der Waals surface area contributed by atoms with Crippen LogP contribution in [0.5, 0.6) is 5.75 Å². The van der Waals surface area contributed by atoms with Gasteiger partial charge in [-0.25, -0.2) is 9.97 Å². The van der Waals surface area contributed by atoms with Crippen LogP contribution in [0.15, 0.2) is 85.1 Å². The summed E-state index contributed by atoms with van der Waals surface area (Å²) in [7, 11) is 0. The van der Waals surface area contributed by atoms with Crippen LogP contribution in [0.2, 0.25) is 0 Å². The first-order valence-corrected chi connectivity index (χ1v) is 14.4. The third-order valence-corrected chi connectivity index (χ3v) is 8.51. The summed E-state index contributed by atoms with van der Waals surface area (Å²) in [4.78, 5) is 12.2. The van der Waals surface area contributed by atoms with Gasteiger partial charge in [-0.3, -0.25) is 4.90 Å². The molecule has 0 spiro atoms. The molecule has 208 valence electrons. The Bertz CT molecular complexity index is 1800. The van der Waals surface area contributed by atoms with Gasteiger partial charge < -0.3 is 5.11 Å². The van der Waals surface area contributed by atoms with Gasteiger partial charge in [0.15, 0.2) is 0 Å². The van der Waals surface area contributed by atoms with Crippen molar-refractivity contribution in [2.75, 3.05) is 4.90 Å². The summed E-state index contributed by atoms with van der Waals surface area (Å²) < 4.78 is 0. The van der Waals surface area contributed by atoms with E-state index in [1.54, 1.807) is 6.07 Å². The van der Waals surface area contributed by atoms with Gasteiger partial charge in [-0.05, 0) is 69.5 Å². The molecule has 5 aromatic rings. The number of aromatic hydroxyl groups is 1. The van der Waals surface area contributed by atoms with Crippen molar-refractivity contribution in [1.82, 2.24) is 9.97 Å². The normalized spacial score (nSPS) is 14.6. The van der Waals surface area contributed by atoms with Crippen molar-refractivity contribution in [2.45, 2.75) is 71.6 Å². The number of benzene rings is 3. The van der Waals surface area contributed by atoms with Gasteiger partial charge in [0, 0.05) is 22.6 Å². The fourth-order valence-corrected chi connectivity index (χ4v) is 6.15. The molecule has 4 heteroatoms. The highest BCUT2D eigenvalue weighted by Crippen LogP contribution is 2.52. The number of pyridine rings is 2. The molecule has 0 bridgehead atoms. The molecular weight excluding hydrogens is 502 g/mol. The first kappa shape index (κ1) is 27.0. The molecule has 0 atom stereocenters. The topological polar surface area (TPSA) is 49.2 Å². The molecule has 1 aliphatic heterocycles. The number of phenolic OH excluding ortho intramolecular Hbond substituents is 1. The zero-order valence-electron chi connectivity index (χ0n) is 25.4. The van der Waals surface area contributed by atoms with Crippen LogP contribution in [0.3, 0.4) is 0 Å². The standard InChI is InChI=1S/C37H39N3O/c1-35(2,3)24-19-20-38-33(22-24)40-30-12-10-9-11-27(30)37(7,8)28-15-13-23(21-31(28)40)29-17-14-25-26(36(4,5)6)16-18-32(41)34(25)39-29/h9-22,41H,1-8H3. The van der Waals surface area contributed by atoms with Crippen molar-refractivity contribution >= 4 is 28.1 Å². The fourth-order valence-electron chi connectivity index (χ4n) is 6.15. The maximum absolute atomic E-state index is 10.8. The zero-order valence-corrected chi connectivity index (χ0v) is 25.4.